The third-order valence-electron chi connectivity index (χ3n) is 3.96. The quantitative estimate of drug-likeness (QED) is 0.773. The van der Waals surface area contributed by atoms with E-state index in [1.165, 1.54) is 8.61 Å². The molecule has 1 aromatic rings. The van der Waals surface area contributed by atoms with Crippen molar-refractivity contribution in [1.82, 2.24) is 18.6 Å². The molecule has 0 N–H and O–H groups in total. The van der Waals surface area contributed by atoms with E-state index >= 15 is 0 Å². The van der Waals surface area contributed by atoms with Crippen LogP contribution in [0.15, 0.2) is 6.07 Å². The highest BCUT2D eigenvalue weighted by atomic mass is 32.2. The topological polar surface area (TPSA) is 84.9 Å². The Bertz CT molecular complexity index is 640. The molecule has 8 nitrogen and oxygen atoms in total. The average Bonchev–Trinajstić information content (AvgIpc) is 2.96. The molecule has 0 radical (unpaired) electrons. The number of aromatic nitrogens is 2. The summed E-state index contributed by atoms with van der Waals surface area (Å²) in [4.78, 5) is 8.45. The molecule has 2 aliphatic rings. The second kappa shape index (κ2) is 6.68. The van der Waals surface area contributed by atoms with Gasteiger partial charge in [0.2, 0.25) is 5.88 Å². The highest BCUT2D eigenvalue weighted by Crippen LogP contribution is 2.22. The molecule has 3 rings (SSSR count). The van der Waals surface area contributed by atoms with E-state index < -0.39 is 10.2 Å². The van der Waals surface area contributed by atoms with Crippen LogP contribution in [-0.2, 0) is 14.9 Å². The third-order valence-corrected chi connectivity index (χ3v) is 5.96. The van der Waals surface area contributed by atoms with Crippen molar-refractivity contribution < 1.29 is 17.9 Å². The van der Waals surface area contributed by atoms with E-state index in [1.54, 1.807) is 6.07 Å². The Labute approximate surface area is 136 Å². The Morgan fingerprint density at radius 3 is 2.61 bits per heavy atom. The van der Waals surface area contributed by atoms with Crippen LogP contribution in [0.4, 0.5) is 0 Å². The number of hydrogen-bond donors (Lipinski definition) is 0. The standard InChI is InChI=1S/C14H22N4O4S/c1-11-9-14(16-12(2)15-11)22-13-3-4-18(10-13)23(19,20)17-5-7-21-8-6-17/h9,13H,3-8,10H2,1-2H3. The molecular weight excluding hydrogens is 320 g/mol. The summed E-state index contributed by atoms with van der Waals surface area (Å²) in [5.41, 5.74) is 0.836. The Hall–Kier alpha value is -1.29. The van der Waals surface area contributed by atoms with E-state index in [0.717, 1.165) is 5.69 Å². The molecule has 2 aliphatic heterocycles. The molecular formula is C14H22N4O4S. The summed E-state index contributed by atoms with van der Waals surface area (Å²) in [6.07, 6.45) is 0.477. The van der Waals surface area contributed by atoms with Crippen molar-refractivity contribution in [1.29, 1.82) is 0 Å². The summed E-state index contributed by atoms with van der Waals surface area (Å²) >= 11 is 0. The Morgan fingerprint density at radius 1 is 1.17 bits per heavy atom. The third kappa shape index (κ3) is 3.79. The summed E-state index contributed by atoms with van der Waals surface area (Å²) in [5.74, 6) is 1.15. The normalized spacial score (nSPS) is 24.0. The predicted octanol–water partition coefficient (Wildman–Crippen LogP) is 0.124. The lowest BCUT2D eigenvalue weighted by Gasteiger charge is -2.29. The van der Waals surface area contributed by atoms with E-state index in [1.807, 2.05) is 13.8 Å². The van der Waals surface area contributed by atoms with Gasteiger partial charge in [-0.3, -0.25) is 0 Å². The molecule has 0 aliphatic carbocycles. The van der Waals surface area contributed by atoms with Gasteiger partial charge in [0.1, 0.15) is 11.9 Å². The number of hydrogen-bond acceptors (Lipinski definition) is 6. The van der Waals surface area contributed by atoms with E-state index in [-0.39, 0.29) is 6.10 Å². The molecule has 23 heavy (non-hydrogen) atoms. The Balaban J connectivity index is 1.63. The minimum atomic E-state index is -3.43. The van der Waals surface area contributed by atoms with Crippen molar-refractivity contribution in [3.63, 3.8) is 0 Å². The molecule has 0 bridgehead atoms. The summed E-state index contributed by atoms with van der Waals surface area (Å²) in [6, 6.07) is 1.77. The van der Waals surface area contributed by atoms with Crippen LogP contribution in [-0.4, -0.2) is 72.5 Å². The minimum Gasteiger partial charge on any atom is -0.473 e. The fourth-order valence-corrected chi connectivity index (χ4v) is 4.49. The molecule has 128 valence electrons. The van der Waals surface area contributed by atoms with Crippen molar-refractivity contribution in [2.24, 2.45) is 0 Å². The monoisotopic (exact) mass is 342 g/mol. The van der Waals surface area contributed by atoms with Crippen molar-refractivity contribution in [3.05, 3.63) is 17.6 Å². The van der Waals surface area contributed by atoms with Crippen LogP contribution in [0.1, 0.15) is 17.9 Å². The van der Waals surface area contributed by atoms with Gasteiger partial charge in [0.15, 0.2) is 0 Å². The smallest absolute Gasteiger partial charge is 0.282 e. The summed E-state index contributed by atoms with van der Waals surface area (Å²) in [6.45, 7) is 6.23. The summed E-state index contributed by atoms with van der Waals surface area (Å²) < 4.78 is 39.3. The Kier molecular flexibility index (Phi) is 4.81. The first-order valence-corrected chi connectivity index (χ1v) is 9.17. The molecule has 2 fully saturated rings. The Morgan fingerprint density at radius 2 is 1.91 bits per heavy atom. The van der Waals surface area contributed by atoms with Gasteiger partial charge in [0.25, 0.3) is 10.2 Å². The van der Waals surface area contributed by atoms with Gasteiger partial charge in [-0.1, -0.05) is 0 Å². The zero-order chi connectivity index (χ0) is 16.4. The molecule has 1 aromatic heterocycles. The van der Waals surface area contributed by atoms with Crippen molar-refractivity contribution >= 4 is 10.2 Å². The van der Waals surface area contributed by atoms with Gasteiger partial charge in [-0.05, 0) is 20.3 Å². The highest BCUT2D eigenvalue weighted by molar-refractivity contribution is 7.86. The molecule has 0 amide bonds. The zero-order valence-electron chi connectivity index (χ0n) is 13.4. The zero-order valence-corrected chi connectivity index (χ0v) is 14.3. The van der Waals surface area contributed by atoms with Crippen molar-refractivity contribution in [2.45, 2.75) is 26.4 Å². The molecule has 0 spiro atoms. The van der Waals surface area contributed by atoms with Crippen molar-refractivity contribution in [2.75, 3.05) is 39.4 Å². The van der Waals surface area contributed by atoms with Gasteiger partial charge in [-0.2, -0.15) is 22.0 Å². The van der Waals surface area contributed by atoms with Crippen LogP contribution in [0.3, 0.4) is 0 Å². The van der Waals surface area contributed by atoms with Crippen LogP contribution >= 0.6 is 0 Å². The first-order valence-electron chi connectivity index (χ1n) is 7.77. The molecule has 0 aromatic carbocycles. The lowest BCUT2D eigenvalue weighted by atomic mass is 10.3. The van der Waals surface area contributed by atoms with Gasteiger partial charge < -0.3 is 9.47 Å². The van der Waals surface area contributed by atoms with Gasteiger partial charge in [-0.25, -0.2) is 4.98 Å². The first-order chi connectivity index (χ1) is 10.9. The molecule has 2 saturated heterocycles. The lowest BCUT2D eigenvalue weighted by molar-refractivity contribution is 0.0703. The molecule has 9 heteroatoms. The first kappa shape index (κ1) is 16.6. The van der Waals surface area contributed by atoms with E-state index in [9.17, 15) is 8.42 Å². The predicted molar refractivity (Wildman–Crippen MR) is 83.4 cm³/mol. The fourth-order valence-electron chi connectivity index (χ4n) is 2.86. The minimum absolute atomic E-state index is 0.181. The second-order valence-electron chi connectivity index (χ2n) is 5.80. The van der Waals surface area contributed by atoms with Gasteiger partial charge >= 0.3 is 0 Å². The maximum atomic E-state index is 12.6. The van der Waals surface area contributed by atoms with Crippen LogP contribution in [0, 0.1) is 13.8 Å². The summed E-state index contributed by atoms with van der Waals surface area (Å²) in [7, 11) is -3.43. The van der Waals surface area contributed by atoms with E-state index in [2.05, 4.69) is 9.97 Å². The average molecular weight is 342 g/mol. The number of ether oxygens (including phenoxy) is 2. The highest BCUT2D eigenvalue weighted by Gasteiger charge is 2.37. The maximum Gasteiger partial charge on any atom is 0.282 e. The second-order valence-corrected chi connectivity index (χ2v) is 7.73. The van der Waals surface area contributed by atoms with Gasteiger partial charge in [0, 0.05) is 31.4 Å². The van der Waals surface area contributed by atoms with Crippen molar-refractivity contribution in [3.8, 4) is 5.88 Å². The van der Waals surface area contributed by atoms with Crippen LogP contribution in [0.25, 0.3) is 0 Å². The number of nitrogens with zero attached hydrogens (tertiary/aromatic N) is 4. The van der Waals surface area contributed by atoms with Crippen LogP contribution in [0.2, 0.25) is 0 Å². The number of rotatable bonds is 4. The van der Waals surface area contributed by atoms with Gasteiger partial charge in [-0.15, -0.1) is 0 Å². The maximum absolute atomic E-state index is 12.6. The molecule has 0 saturated carbocycles. The van der Waals surface area contributed by atoms with E-state index in [4.69, 9.17) is 9.47 Å². The van der Waals surface area contributed by atoms with E-state index in [0.29, 0.717) is 57.5 Å². The number of aryl methyl sites for hydroxylation is 2. The fraction of sp³-hybridized carbons (Fsp3) is 0.714. The van der Waals surface area contributed by atoms with Gasteiger partial charge in [0.05, 0.1) is 19.8 Å². The lowest BCUT2D eigenvalue weighted by Crippen LogP contribution is -2.48. The SMILES string of the molecule is Cc1cc(OC2CCN(S(=O)(=O)N3CCOCC3)C2)nc(C)n1. The molecule has 1 atom stereocenters. The number of morpholine rings is 1. The largest absolute Gasteiger partial charge is 0.473 e. The summed E-state index contributed by atoms with van der Waals surface area (Å²) in [5, 5.41) is 0. The van der Waals surface area contributed by atoms with Crippen LogP contribution < -0.4 is 4.74 Å². The molecule has 3 heterocycles. The molecule has 1 unspecified atom stereocenters. The van der Waals surface area contributed by atoms with Crippen LogP contribution in [0.5, 0.6) is 5.88 Å².